The fourth-order valence-corrected chi connectivity index (χ4v) is 5.41. The molecule has 1 aromatic carbocycles. The van der Waals surface area contributed by atoms with E-state index in [0.29, 0.717) is 30.2 Å². The fraction of sp³-hybridized carbons (Fsp3) is 0.690. The van der Waals surface area contributed by atoms with Crippen molar-refractivity contribution in [3.63, 3.8) is 0 Å². The van der Waals surface area contributed by atoms with Gasteiger partial charge in [-0.05, 0) is 69.0 Å². The van der Waals surface area contributed by atoms with Gasteiger partial charge in [-0.3, -0.25) is 9.48 Å². The summed E-state index contributed by atoms with van der Waals surface area (Å²) in [5.74, 6) is 0.0889. The van der Waals surface area contributed by atoms with Crippen LogP contribution in [0.2, 0.25) is 0 Å². The molecule has 7 heteroatoms. The number of aromatic nitrogens is 3. The van der Waals surface area contributed by atoms with Crippen molar-refractivity contribution in [3.8, 4) is 0 Å². The maximum absolute atomic E-state index is 12.6. The SMILES string of the molecule is CCOC(=O)C(c1cn(CCC2CCN(CC3(COCc4ccccc4)CC3)CC2)nn1)C(C)(C)C. The van der Waals surface area contributed by atoms with E-state index in [1.165, 1.54) is 50.9 Å². The standard InChI is InChI=1S/C29H44N4O3/c1-5-36-27(34)26(28(2,3)4)25-19-33(31-30-25)18-13-23-11-16-32(17-12-23)21-29(14-15-29)22-35-20-24-9-7-6-8-10-24/h6-10,19,23,26H,5,11-18,20-22H2,1-4H3. The number of ether oxygens (including phenoxy) is 2. The van der Waals surface area contributed by atoms with Gasteiger partial charge < -0.3 is 14.4 Å². The number of hydrogen-bond acceptors (Lipinski definition) is 6. The van der Waals surface area contributed by atoms with Gasteiger partial charge in [0.15, 0.2) is 0 Å². The highest BCUT2D eigenvalue weighted by molar-refractivity contribution is 5.78. The number of likely N-dealkylation sites (tertiary alicyclic amines) is 1. The molecule has 36 heavy (non-hydrogen) atoms. The van der Waals surface area contributed by atoms with Crippen LogP contribution in [0.25, 0.3) is 0 Å². The van der Waals surface area contributed by atoms with Crippen LogP contribution in [0.1, 0.15) is 77.0 Å². The molecule has 1 aliphatic carbocycles. The Bertz CT molecular complexity index is 956. The molecule has 2 aromatic rings. The van der Waals surface area contributed by atoms with Gasteiger partial charge in [-0.15, -0.1) is 5.10 Å². The number of nitrogens with zero attached hydrogens (tertiary/aromatic N) is 4. The first kappa shape index (κ1) is 26.8. The quantitative estimate of drug-likeness (QED) is 0.382. The van der Waals surface area contributed by atoms with Crippen molar-refractivity contribution in [2.75, 3.05) is 32.8 Å². The molecule has 0 N–H and O–H groups in total. The van der Waals surface area contributed by atoms with Crippen molar-refractivity contribution >= 4 is 5.97 Å². The van der Waals surface area contributed by atoms with E-state index in [1.807, 2.05) is 44.6 Å². The molecule has 1 unspecified atom stereocenters. The molecule has 0 bridgehead atoms. The molecule has 198 valence electrons. The van der Waals surface area contributed by atoms with E-state index < -0.39 is 5.92 Å². The zero-order chi connectivity index (χ0) is 25.6. The van der Waals surface area contributed by atoms with E-state index in [1.54, 1.807) is 0 Å². The Morgan fingerprint density at radius 3 is 2.53 bits per heavy atom. The van der Waals surface area contributed by atoms with E-state index in [0.717, 1.165) is 19.6 Å². The summed E-state index contributed by atoms with van der Waals surface area (Å²) >= 11 is 0. The smallest absolute Gasteiger partial charge is 0.315 e. The second-order valence-corrected chi connectivity index (χ2v) is 11.9. The lowest BCUT2D eigenvalue weighted by Gasteiger charge is -2.34. The van der Waals surface area contributed by atoms with E-state index >= 15 is 0 Å². The minimum atomic E-state index is -0.402. The number of benzene rings is 1. The zero-order valence-corrected chi connectivity index (χ0v) is 22.6. The van der Waals surface area contributed by atoms with Crippen LogP contribution in [0.15, 0.2) is 36.5 Å². The monoisotopic (exact) mass is 496 g/mol. The van der Waals surface area contributed by atoms with Crippen LogP contribution in [0.4, 0.5) is 0 Å². The topological polar surface area (TPSA) is 69.5 Å². The van der Waals surface area contributed by atoms with Crippen molar-refractivity contribution in [3.05, 3.63) is 47.8 Å². The van der Waals surface area contributed by atoms with Gasteiger partial charge in [-0.25, -0.2) is 0 Å². The lowest BCUT2D eigenvalue weighted by Crippen LogP contribution is -2.39. The molecule has 1 saturated carbocycles. The molecule has 0 radical (unpaired) electrons. The third-order valence-electron chi connectivity index (χ3n) is 7.75. The van der Waals surface area contributed by atoms with Gasteiger partial charge in [0.2, 0.25) is 0 Å². The number of carbonyl (C=O) groups is 1. The highest BCUT2D eigenvalue weighted by Gasteiger charge is 2.44. The molecule has 2 fully saturated rings. The summed E-state index contributed by atoms with van der Waals surface area (Å²) in [4.78, 5) is 15.2. The van der Waals surface area contributed by atoms with Gasteiger partial charge in [0.1, 0.15) is 5.92 Å². The van der Waals surface area contributed by atoms with Crippen LogP contribution in [0.5, 0.6) is 0 Å². The number of piperidine rings is 1. The minimum Gasteiger partial charge on any atom is -0.465 e. The van der Waals surface area contributed by atoms with Gasteiger partial charge in [0.25, 0.3) is 0 Å². The molecular weight excluding hydrogens is 452 g/mol. The molecule has 1 aromatic heterocycles. The molecule has 0 amide bonds. The molecule has 2 heterocycles. The highest BCUT2D eigenvalue weighted by atomic mass is 16.5. The van der Waals surface area contributed by atoms with Gasteiger partial charge in [0.05, 0.1) is 25.5 Å². The van der Waals surface area contributed by atoms with Gasteiger partial charge >= 0.3 is 5.97 Å². The maximum Gasteiger partial charge on any atom is 0.315 e. The Kier molecular flexibility index (Phi) is 8.83. The molecule has 1 aliphatic heterocycles. The van der Waals surface area contributed by atoms with Crippen LogP contribution in [-0.2, 0) is 27.4 Å². The molecule has 1 atom stereocenters. The average Bonchev–Trinajstić information content (AvgIpc) is 3.44. The Balaban J connectivity index is 1.18. The normalized spacial score (nSPS) is 19.2. The predicted molar refractivity (Wildman–Crippen MR) is 140 cm³/mol. The number of hydrogen-bond donors (Lipinski definition) is 0. The van der Waals surface area contributed by atoms with Gasteiger partial charge in [0, 0.05) is 24.7 Å². The summed E-state index contributed by atoms with van der Waals surface area (Å²) in [5, 5.41) is 8.68. The van der Waals surface area contributed by atoms with Gasteiger partial charge in [-0.2, -0.15) is 0 Å². The van der Waals surface area contributed by atoms with Crippen molar-refractivity contribution < 1.29 is 14.3 Å². The summed E-state index contributed by atoms with van der Waals surface area (Å²) in [5.41, 5.74) is 2.07. The molecule has 4 rings (SSSR count). The van der Waals surface area contributed by atoms with Crippen LogP contribution >= 0.6 is 0 Å². The summed E-state index contributed by atoms with van der Waals surface area (Å²) in [7, 11) is 0. The Hall–Kier alpha value is -2.25. The van der Waals surface area contributed by atoms with E-state index in [9.17, 15) is 4.79 Å². The predicted octanol–water partition coefficient (Wildman–Crippen LogP) is 5.07. The third kappa shape index (κ3) is 7.39. The first-order valence-corrected chi connectivity index (χ1v) is 13.7. The minimum absolute atomic E-state index is 0.219. The lowest BCUT2D eigenvalue weighted by molar-refractivity contribution is -0.147. The fourth-order valence-electron chi connectivity index (χ4n) is 5.41. The van der Waals surface area contributed by atoms with Crippen molar-refractivity contribution in [1.29, 1.82) is 0 Å². The summed E-state index contributed by atoms with van der Waals surface area (Å²) < 4.78 is 13.3. The molecule has 7 nitrogen and oxygen atoms in total. The second-order valence-electron chi connectivity index (χ2n) is 11.9. The number of aryl methyl sites for hydroxylation is 1. The molecule has 1 saturated heterocycles. The first-order chi connectivity index (χ1) is 17.3. The molecular formula is C29H44N4O3. The lowest BCUT2D eigenvalue weighted by atomic mass is 9.79. The van der Waals surface area contributed by atoms with Crippen LogP contribution in [0, 0.1) is 16.7 Å². The molecule has 0 spiro atoms. The average molecular weight is 497 g/mol. The van der Waals surface area contributed by atoms with Gasteiger partial charge in [-0.1, -0.05) is 56.3 Å². The van der Waals surface area contributed by atoms with E-state index in [2.05, 4.69) is 39.5 Å². The number of carbonyl (C=O) groups excluding carboxylic acids is 1. The third-order valence-corrected chi connectivity index (χ3v) is 7.75. The van der Waals surface area contributed by atoms with Crippen LogP contribution in [-0.4, -0.2) is 58.7 Å². The van der Waals surface area contributed by atoms with Crippen molar-refractivity contribution in [1.82, 2.24) is 19.9 Å². The highest BCUT2D eigenvalue weighted by Crippen LogP contribution is 2.47. The number of esters is 1. The number of rotatable bonds is 12. The maximum atomic E-state index is 12.6. The largest absolute Gasteiger partial charge is 0.465 e. The van der Waals surface area contributed by atoms with E-state index in [4.69, 9.17) is 9.47 Å². The van der Waals surface area contributed by atoms with Crippen molar-refractivity contribution in [2.45, 2.75) is 78.9 Å². The first-order valence-electron chi connectivity index (χ1n) is 13.7. The second kappa shape index (κ2) is 11.9. The van der Waals surface area contributed by atoms with Crippen LogP contribution < -0.4 is 0 Å². The Labute approximate surface area is 216 Å². The Morgan fingerprint density at radius 1 is 1.17 bits per heavy atom. The molecule has 2 aliphatic rings. The zero-order valence-electron chi connectivity index (χ0n) is 22.6. The summed E-state index contributed by atoms with van der Waals surface area (Å²) in [6.45, 7) is 14.3. The van der Waals surface area contributed by atoms with Crippen LogP contribution in [0.3, 0.4) is 0 Å². The summed E-state index contributed by atoms with van der Waals surface area (Å²) in [6.07, 6.45) is 8.08. The Morgan fingerprint density at radius 2 is 1.89 bits per heavy atom. The van der Waals surface area contributed by atoms with Crippen molar-refractivity contribution in [2.24, 2.45) is 16.7 Å². The summed E-state index contributed by atoms with van der Waals surface area (Å²) in [6, 6.07) is 10.5. The van der Waals surface area contributed by atoms with E-state index in [-0.39, 0.29) is 11.4 Å².